The van der Waals surface area contributed by atoms with Crippen molar-refractivity contribution in [1.29, 1.82) is 0 Å². The lowest BCUT2D eigenvalue weighted by molar-refractivity contribution is 0.0663. The van der Waals surface area contributed by atoms with E-state index in [9.17, 15) is 5.11 Å². The molecule has 1 saturated heterocycles. The zero-order valence-electron chi connectivity index (χ0n) is 13.9. The molecule has 0 aliphatic carbocycles. The van der Waals surface area contributed by atoms with Gasteiger partial charge in [0.05, 0.1) is 10.0 Å². The predicted molar refractivity (Wildman–Crippen MR) is 103 cm³/mol. The van der Waals surface area contributed by atoms with Crippen LogP contribution in [0.25, 0.3) is 0 Å². The first-order valence-electron chi connectivity index (χ1n) is 8.40. The van der Waals surface area contributed by atoms with Gasteiger partial charge in [-0.25, -0.2) is 0 Å². The number of benzene rings is 2. The SMILES string of the molecule is OC(COc1ccc(Cl)c(Cl)c1)CN1CCN(c2ccccc2)CC1. The minimum absolute atomic E-state index is 0.233. The van der Waals surface area contributed by atoms with Gasteiger partial charge in [0, 0.05) is 44.5 Å². The van der Waals surface area contributed by atoms with Crippen LogP contribution in [-0.2, 0) is 0 Å². The lowest BCUT2D eigenvalue weighted by atomic mass is 10.2. The summed E-state index contributed by atoms with van der Waals surface area (Å²) in [5.41, 5.74) is 1.26. The molecule has 1 aliphatic heterocycles. The van der Waals surface area contributed by atoms with E-state index in [0.717, 1.165) is 26.2 Å². The molecular weight excluding hydrogens is 359 g/mol. The number of halogens is 2. The van der Waals surface area contributed by atoms with Crippen LogP contribution in [0.3, 0.4) is 0 Å². The first-order valence-corrected chi connectivity index (χ1v) is 9.15. The summed E-state index contributed by atoms with van der Waals surface area (Å²) < 4.78 is 5.61. The van der Waals surface area contributed by atoms with E-state index in [1.165, 1.54) is 5.69 Å². The predicted octanol–water partition coefficient (Wildman–Crippen LogP) is 3.56. The Labute approximate surface area is 158 Å². The normalized spacial score (nSPS) is 16.7. The van der Waals surface area contributed by atoms with Crippen LogP contribution >= 0.6 is 23.2 Å². The third-order valence-corrected chi connectivity index (χ3v) is 5.04. The Morgan fingerprint density at radius 2 is 1.68 bits per heavy atom. The minimum Gasteiger partial charge on any atom is -0.491 e. The van der Waals surface area contributed by atoms with E-state index in [0.29, 0.717) is 22.3 Å². The van der Waals surface area contributed by atoms with Gasteiger partial charge >= 0.3 is 0 Å². The largest absolute Gasteiger partial charge is 0.491 e. The lowest BCUT2D eigenvalue weighted by Gasteiger charge is -2.36. The molecule has 1 atom stereocenters. The number of hydrogen-bond donors (Lipinski definition) is 1. The molecule has 25 heavy (non-hydrogen) atoms. The molecule has 0 aromatic heterocycles. The molecule has 1 N–H and O–H groups in total. The van der Waals surface area contributed by atoms with Crippen molar-refractivity contribution in [3.8, 4) is 5.75 Å². The van der Waals surface area contributed by atoms with Gasteiger partial charge in [-0.1, -0.05) is 41.4 Å². The van der Waals surface area contributed by atoms with Crippen molar-refractivity contribution in [2.75, 3.05) is 44.2 Å². The van der Waals surface area contributed by atoms with Crippen LogP contribution in [0.15, 0.2) is 48.5 Å². The number of aliphatic hydroxyl groups is 1. The summed E-state index contributed by atoms with van der Waals surface area (Å²) in [6, 6.07) is 15.5. The molecule has 1 heterocycles. The van der Waals surface area contributed by atoms with Crippen molar-refractivity contribution in [1.82, 2.24) is 4.90 Å². The molecule has 3 rings (SSSR count). The van der Waals surface area contributed by atoms with Crippen LogP contribution in [0, 0.1) is 0 Å². The van der Waals surface area contributed by atoms with Crippen LogP contribution in [0.1, 0.15) is 0 Å². The Balaban J connectivity index is 1.41. The first-order chi connectivity index (χ1) is 12.1. The molecule has 6 heteroatoms. The monoisotopic (exact) mass is 380 g/mol. The number of β-amino-alcohol motifs (C(OH)–C–C–N with tert-alkyl or cyclic N) is 1. The standard InChI is InChI=1S/C19H22Cl2N2O2/c20-18-7-6-17(12-19(18)21)25-14-16(24)13-22-8-10-23(11-9-22)15-4-2-1-3-5-15/h1-7,12,16,24H,8-11,13-14H2. The highest BCUT2D eigenvalue weighted by Gasteiger charge is 2.19. The van der Waals surface area contributed by atoms with E-state index in [4.69, 9.17) is 27.9 Å². The molecule has 0 spiro atoms. The molecule has 4 nitrogen and oxygen atoms in total. The van der Waals surface area contributed by atoms with Gasteiger partial charge in [0.1, 0.15) is 18.5 Å². The second-order valence-corrected chi connectivity index (χ2v) is 6.98. The molecule has 1 aliphatic rings. The first kappa shape index (κ1) is 18.3. The molecule has 0 radical (unpaired) electrons. The molecule has 2 aromatic rings. The van der Waals surface area contributed by atoms with E-state index in [2.05, 4.69) is 34.1 Å². The Morgan fingerprint density at radius 3 is 2.36 bits per heavy atom. The topological polar surface area (TPSA) is 35.9 Å². The average Bonchev–Trinajstić information content (AvgIpc) is 2.64. The van der Waals surface area contributed by atoms with Gasteiger partial charge in [-0.05, 0) is 24.3 Å². The highest BCUT2D eigenvalue weighted by Crippen LogP contribution is 2.26. The summed E-state index contributed by atoms with van der Waals surface area (Å²) in [4.78, 5) is 4.64. The Hall–Kier alpha value is -1.46. The summed E-state index contributed by atoms with van der Waals surface area (Å²) in [6.45, 7) is 4.62. The number of aliphatic hydroxyl groups excluding tert-OH is 1. The van der Waals surface area contributed by atoms with Gasteiger partial charge in [-0.3, -0.25) is 4.90 Å². The van der Waals surface area contributed by atoms with Crippen molar-refractivity contribution < 1.29 is 9.84 Å². The van der Waals surface area contributed by atoms with Crippen molar-refractivity contribution in [3.63, 3.8) is 0 Å². The highest BCUT2D eigenvalue weighted by atomic mass is 35.5. The average molecular weight is 381 g/mol. The second-order valence-electron chi connectivity index (χ2n) is 6.16. The van der Waals surface area contributed by atoms with E-state index in [1.807, 2.05) is 6.07 Å². The van der Waals surface area contributed by atoms with Gasteiger partial charge in [0.2, 0.25) is 0 Å². The van der Waals surface area contributed by atoms with Crippen LogP contribution in [0.2, 0.25) is 10.0 Å². The summed E-state index contributed by atoms with van der Waals surface area (Å²) in [7, 11) is 0. The smallest absolute Gasteiger partial charge is 0.121 e. The molecule has 1 unspecified atom stereocenters. The maximum atomic E-state index is 10.2. The number of ether oxygens (including phenoxy) is 1. The fourth-order valence-electron chi connectivity index (χ4n) is 2.94. The third-order valence-electron chi connectivity index (χ3n) is 4.30. The minimum atomic E-state index is -0.544. The van der Waals surface area contributed by atoms with Gasteiger partial charge < -0.3 is 14.7 Å². The molecule has 0 saturated carbocycles. The summed E-state index contributed by atoms with van der Waals surface area (Å²) >= 11 is 11.8. The Morgan fingerprint density at radius 1 is 0.960 bits per heavy atom. The lowest BCUT2D eigenvalue weighted by Crippen LogP contribution is -2.49. The van der Waals surface area contributed by atoms with Crippen molar-refractivity contribution in [3.05, 3.63) is 58.6 Å². The zero-order valence-corrected chi connectivity index (χ0v) is 15.5. The number of hydrogen-bond acceptors (Lipinski definition) is 4. The fraction of sp³-hybridized carbons (Fsp3) is 0.368. The molecule has 0 bridgehead atoms. The van der Waals surface area contributed by atoms with E-state index < -0.39 is 6.10 Å². The highest BCUT2D eigenvalue weighted by molar-refractivity contribution is 6.42. The van der Waals surface area contributed by atoms with Gasteiger partial charge in [-0.15, -0.1) is 0 Å². The van der Waals surface area contributed by atoms with E-state index in [-0.39, 0.29) is 6.61 Å². The number of anilines is 1. The molecule has 1 fully saturated rings. The molecular formula is C19H22Cl2N2O2. The maximum absolute atomic E-state index is 10.2. The summed E-state index contributed by atoms with van der Waals surface area (Å²) in [5.74, 6) is 0.613. The maximum Gasteiger partial charge on any atom is 0.121 e. The molecule has 0 amide bonds. The number of rotatable bonds is 6. The van der Waals surface area contributed by atoms with Gasteiger partial charge in [-0.2, -0.15) is 0 Å². The molecule has 134 valence electrons. The Bertz CT molecular complexity index is 676. The van der Waals surface area contributed by atoms with Gasteiger partial charge in [0.15, 0.2) is 0 Å². The summed E-state index contributed by atoms with van der Waals surface area (Å²) in [5, 5.41) is 11.2. The van der Waals surface area contributed by atoms with Crippen LogP contribution in [0.5, 0.6) is 5.75 Å². The van der Waals surface area contributed by atoms with Crippen LogP contribution in [-0.4, -0.2) is 55.4 Å². The zero-order chi connectivity index (χ0) is 17.6. The Kier molecular flexibility index (Phi) is 6.43. The van der Waals surface area contributed by atoms with Crippen LogP contribution in [0.4, 0.5) is 5.69 Å². The fourth-order valence-corrected chi connectivity index (χ4v) is 3.23. The number of para-hydroxylation sites is 1. The number of nitrogens with zero attached hydrogens (tertiary/aromatic N) is 2. The molecule has 2 aromatic carbocycles. The second kappa shape index (κ2) is 8.77. The van der Waals surface area contributed by atoms with E-state index in [1.54, 1.807) is 18.2 Å². The van der Waals surface area contributed by atoms with Crippen molar-refractivity contribution in [2.45, 2.75) is 6.10 Å². The quantitative estimate of drug-likeness (QED) is 0.830. The van der Waals surface area contributed by atoms with E-state index >= 15 is 0 Å². The summed E-state index contributed by atoms with van der Waals surface area (Å²) in [6.07, 6.45) is -0.544. The third kappa shape index (κ3) is 5.25. The van der Waals surface area contributed by atoms with Crippen molar-refractivity contribution >= 4 is 28.9 Å². The van der Waals surface area contributed by atoms with Crippen molar-refractivity contribution in [2.24, 2.45) is 0 Å². The number of piperazine rings is 1. The van der Waals surface area contributed by atoms with Gasteiger partial charge in [0.25, 0.3) is 0 Å². The van der Waals surface area contributed by atoms with Crippen LogP contribution < -0.4 is 9.64 Å².